The van der Waals surface area contributed by atoms with E-state index in [0.29, 0.717) is 5.92 Å². The Kier molecular flexibility index (Phi) is 5.49. The van der Waals surface area contributed by atoms with Gasteiger partial charge in [0, 0.05) is 22.6 Å². The summed E-state index contributed by atoms with van der Waals surface area (Å²) in [6.07, 6.45) is 3.28. The Labute approximate surface area is 158 Å². The number of halogens is 2. The van der Waals surface area contributed by atoms with Crippen LogP contribution < -0.4 is 9.46 Å². The fourth-order valence-corrected chi connectivity index (χ4v) is 4.48. The van der Waals surface area contributed by atoms with E-state index in [0.717, 1.165) is 42.3 Å². The molecule has 8 heteroatoms. The minimum atomic E-state index is -3.35. The Morgan fingerprint density at radius 2 is 1.81 bits per heavy atom. The molecule has 0 aliphatic heterocycles. The average Bonchev–Trinajstić information content (AvgIpc) is 2.96. The van der Waals surface area contributed by atoms with E-state index in [2.05, 4.69) is 14.4 Å². The SMILES string of the molecule is CC(C)(C)S(=O)(=O)N[C@H]1CC[C@H](c2cc3cc(OC(F)F)ccc3[nH]2)CC1. The quantitative estimate of drug-likeness (QED) is 0.776. The molecule has 1 aliphatic carbocycles. The second kappa shape index (κ2) is 7.39. The Balaban J connectivity index is 1.66. The van der Waals surface area contributed by atoms with Gasteiger partial charge in [-0.15, -0.1) is 0 Å². The predicted molar refractivity (Wildman–Crippen MR) is 102 cm³/mol. The zero-order valence-corrected chi connectivity index (χ0v) is 16.6. The molecule has 1 saturated carbocycles. The van der Waals surface area contributed by atoms with Crippen LogP contribution in [-0.2, 0) is 10.0 Å². The van der Waals surface area contributed by atoms with Gasteiger partial charge in [0.1, 0.15) is 5.75 Å². The number of H-pyrrole nitrogens is 1. The summed E-state index contributed by atoms with van der Waals surface area (Å²) < 4.78 is 55.8. The van der Waals surface area contributed by atoms with Crippen LogP contribution in [0.2, 0.25) is 0 Å². The molecule has 1 heterocycles. The summed E-state index contributed by atoms with van der Waals surface area (Å²) in [5.41, 5.74) is 1.93. The fraction of sp³-hybridized carbons (Fsp3) is 0.579. The molecule has 2 N–H and O–H groups in total. The topological polar surface area (TPSA) is 71.2 Å². The molecule has 0 bridgehead atoms. The monoisotopic (exact) mass is 400 g/mol. The number of nitrogens with one attached hydrogen (secondary N) is 2. The van der Waals surface area contributed by atoms with Crippen LogP contribution in [0.15, 0.2) is 24.3 Å². The Bertz CT molecular complexity index is 895. The van der Waals surface area contributed by atoms with Crippen molar-refractivity contribution in [3.8, 4) is 5.75 Å². The van der Waals surface area contributed by atoms with Crippen LogP contribution >= 0.6 is 0 Å². The third-order valence-corrected chi connectivity index (χ3v) is 7.39. The maximum absolute atomic E-state index is 12.4. The lowest BCUT2D eigenvalue weighted by atomic mass is 9.84. The summed E-state index contributed by atoms with van der Waals surface area (Å²) in [5, 5.41) is 0.832. The maximum Gasteiger partial charge on any atom is 0.387 e. The molecule has 0 spiro atoms. The zero-order chi connectivity index (χ0) is 19.8. The van der Waals surface area contributed by atoms with Crippen molar-refractivity contribution in [2.75, 3.05) is 0 Å². The minimum absolute atomic E-state index is 0.0408. The molecule has 0 amide bonds. The van der Waals surface area contributed by atoms with Crippen molar-refractivity contribution in [3.63, 3.8) is 0 Å². The molecule has 1 fully saturated rings. The summed E-state index contributed by atoms with van der Waals surface area (Å²) >= 11 is 0. The largest absolute Gasteiger partial charge is 0.435 e. The van der Waals surface area contributed by atoms with Gasteiger partial charge < -0.3 is 9.72 Å². The van der Waals surface area contributed by atoms with Gasteiger partial charge >= 0.3 is 6.61 Å². The summed E-state index contributed by atoms with van der Waals surface area (Å²) in [6, 6.07) is 6.79. The third kappa shape index (κ3) is 4.60. The molecule has 2 aromatic rings. The van der Waals surface area contributed by atoms with Crippen molar-refractivity contribution in [2.45, 2.75) is 69.8 Å². The number of rotatable bonds is 5. The van der Waals surface area contributed by atoms with Gasteiger partial charge in [-0.05, 0) is 76.6 Å². The number of fused-ring (bicyclic) bond motifs is 1. The first-order valence-electron chi connectivity index (χ1n) is 9.14. The van der Waals surface area contributed by atoms with Crippen molar-refractivity contribution in [1.82, 2.24) is 9.71 Å². The van der Waals surface area contributed by atoms with E-state index in [9.17, 15) is 17.2 Å². The second-order valence-corrected chi connectivity index (χ2v) is 10.6. The van der Waals surface area contributed by atoms with Crippen molar-refractivity contribution in [1.29, 1.82) is 0 Å². The normalized spacial score (nSPS) is 21.7. The van der Waals surface area contributed by atoms with Gasteiger partial charge in [0.25, 0.3) is 0 Å². The fourth-order valence-electron chi connectivity index (χ4n) is 3.45. The van der Waals surface area contributed by atoms with Crippen LogP contribution in [0, 0.1) is 0 Å². The molecule has 1 aromatic carbocycles. The number of hydrogen-bond acceptors (Lipinski definition) is 3. The number of benzene rings is 1. The van der Waals surface area contributed by atoms with E-state index < -0.39 is 21.4 Å². The van der Waals surface area contributed by atoms with Gasteiger partial charge in [-0.3, -0.25) is 0 Å². The molecular formula is C19H26F2N2O3S. The number of alkyl halides is 2. The van der Waals surface area contributed by atoms with Gasteiger partial charge in [0.15, 0.2) is 0 Å². The first-order valence-corrected chi connectivity index (χ1v) is 10.6. The highest BCUT2D eigenvalue weighted by molar-refractivity contribution is 7.90. The molecule has 150 valence electrons. The summed E-state index contributed by atoms with van der Waals surface area (Å²) in [5.74, 6) is 0.440. The number of hydrogen-bond donors (Lipinski definition) is 2. The second-order valence-electron chi connectivity index (χ2n) is 8.13. The molecule has 0 saturated heterocycles. The molecule has 3 rings (SSSR count). The molecule has 0 radical (unpaired) electrons. The smallest absolute Gasteiger partial charge is 0.387 e. The van der Waals surface area contributed by atoms with E-state index in [1.54, 1.807) is 32.9 Å². The predicted octanol–water partition coefficient (Wildman–Crippen LogP) is 4.51. The first-order chi connectivity index (χ1) is 12.5. The summed E-state index contributed by atoms with van der Waals surface area (Å²) in [7, 11) is -3.35. The van der Waals surface area contributed by atoms with Gasteiger partial charge in [0.2, 0.25) is 10.0 Å². The van der Waals surface area contributed by atoms with Crippen molar-refractivity contribution in [2.24, 2.45) is 0 Å². The van der Waals surface area contributed by atoms with E-state index >= 15 is 0 Å². The lowest BCUT2D eigenvalue weighted by molar-refractivity contribution is -0.0497. The molecule has 27 heavy (non-hydrogen) atoms. The standard InChI is InChI=1S/C19H26F2N2O3S/c1-19(2,3)27(24,25)23-14-6-4-12(5-7-14)17-11-13-10-15(26-18(20)21)8-9-16(13)22-17/h8-12,14,18,22-23H,4-7H2,1-3H3/t12-,14-. The molecule has 1 aromatic heterocycles. The summed E-state index contributed by atoms with van der Waals surface area (Å²) in [6.45, 7) is 2.24. The number of aromatic nitrogens is 1. The van der Waals surface area contributed by atoms with Gasteiger partial charge in [0.05, 0.1) is 4.75 Å². The zero-order valence-electron chi connectivity index (χ0n) is 15.8. The van der Waals surface area contributed by atoms with E-state index in [-0.39, 0.29) is 11.8 Å². The minimum Gasteiger partial charge on any atom is -0.435 e. The average molecular weight is 400 g/mol. The van der Waals surface area contributed by atoms with Crippen LogP contribution in [0.25, 0.3) is 10.9 Å². The number of aromatic amines is 1. The van der Waals surface area contributed by atoms with Gasteiger partial charge in [-0.25, -0.2) is 13.1 Å². The van der Waals surface area contributed by atoms with Crippen LogP contribution in [0.3, 0.4) is 0 Å². The van der Waals surface area contributed by atoms with Crippen LogP contribution in [-0.4, -0.2) is 30.8 Å². The van der Waals surface area contributed by atoms with Crippen molar-refractivity contribution < 1.29 is 21.9 Å². The van der Waals surface area contributed by atoms with Crippen LogP contribution in [0.5, 0.6) is 5.75 Å². The van der Waals surface area contributed by atoms with Gasteiger partial charge in [-0.2, -0.15) is 8.78 Å². The molecule has 0 unspecified atom stereocenters. The Morgan fingerprint density at radius 3 is 2.41 bits per heavy atom. The molecule has 0 atom stereocenters. The van der Waals surface area contributed by atoms with E-state index in [4.69, 9.17) is 0 Å². The highest BCUT2D eigenvalue weighted by Crippen LogP contribution is 2.35. The number of ether oxygens (including phenoxy) is 1. The maximum atomic E-state index is 12.4. The first kappa shape index (κ1) is 20.1. The lowest BCUT2D eigenvalue weighted by Crippen LogP contribution is -2.45. The molecular weight excluding hydrogens is 374 g/mol. The summed E-state index contributed by atoms with van der Waals surface area (Å²) in [4.78, 5) is 3.35. The van der Waals surface area contributed by atoms with Crippen LogP contribution in [0.4, 0.5) is 8.78 Å². The highest BCUT2D eigenvalue weighted by Gasteiger charge is 2.33. The van der Waals surface area contributed by atoms with Crippen LogP contribution in [0.1, 0.15) is 58.1 Å². The Morgan fingerprint density at radius 1 is 1.15 bits per heavy atom. The third-order valence-electron chi connectivity index (χ3n) is 5.13. The molecule has 1 aliphatic rings. The Hall–Kier alpha value is -1.67. The van der Waals surface area contributed by atoms with Crippen molar-refractivity contribution >= 4 is 20.9 Å². The van der Waals surface area contributed by atoms with Crippen molar-refractivity contribution in [3.05, 3.63) is 30.0 Å². The number of sulfonamides is 1. The lowest BCUT2D eigenvalue weighted by Gasteiger charge is -2.31. The van der Waals surface area contributed by atoms with Gasteiger partial charge in [-0.1, -0.05) is 0 Å². The highest BCUT2D eigenvalue weighted by atomic mass is 32.2. The molecule has 5 nitrogen and oxygen atoms in total. The van der Waals surface area contributed by atoms with E-state index in [1.165, 1.54) is 6.07 Å². The van der Waals surface area contributed by atoms with E-state index in [1.807, 2.05) is 6.07 Å².